The Balaban J connectivity index is 1.28. The van der Waals surface area contributed by atoms with Gasteiger partial charge in [-0.15, -0.1) is 11.3 Å². The lowest BCUT2D eigenvalue weighted by Crippen LogP contribution is -2.28. The molecule has 0 saturated carbocycles. The highest BCUT2D eigenvalue weighted by Gasteiger charge is 2.10. The van der Waals surface area contributed by atoms with Crippen LogP contribution in [-0.2, 0) is 11.3 Å². The number of hydrogen-bond donors (Lipinski definition) is 2. The topological polar surface area (TPSA) is 93.5 Å². The number of ether oxygens (including phenoxy) is 1. The third kappa shape index (κ3) is 4.80. The van der Waals surface area contributed by atoms with Crippen molar-refractivity contribution >= 4 is 39.1 Å². The van der Waals surface area contributed by atoms with Crippen LogP contribution in [0.3, 0.4) is 0 Å². The van der Waals surface area contributed by atoms with Crippen LogP contribution in [0.5, 0.6) is 5.75 Å². The van der Waals surface area contributed by atoms with Crippen LogP contribution in [0, 0.1) is 0 Å². The predicted molar refractivity (Wildman–Crippen MR) is 110 cm³/mol. The van der Waals surface area contributed by atoms with Gasteiger partial charge in [0.25, 0.3) is 11.8 Å². The zero-order chi connectivity index (χ0) is 20.1. The average Bonchev–Trinajstić information content (AvgIpc) is 3.40. The lowest BCUT2D eigenvalue weighted by atomic mass is 10.3. The second-order valence-corrected chi connectivity index (χ2v) is 7.22. The fourth-order valence-corrected chi connectivity index (χ4v) is 3.54. The Kier molecular flexibility index (Phi) is 5.53. The number of thiazole rings is 1. The molecule has 0 saturated heterocycles. The lowest BCUT2D eigenvalue weighted by Gasteiger charge is -2.09. The maximum atomic E-state index is 12.1. The fourth-order valence-electron chi connectivity index (χ4n) is 2.63. The van der Waals surface area contributed by atoms with Crippen molar-refractivity contribution < 1.29 is 18.7 Å². The summed E-state index contributed by atoms with van der Waals surface area (Å²) in [6.07, 6.45) is 1.43. The summed E-state index contributed by atoms with van der Waals surface area (Å²) >= 11 is 1.55. The molecule has 2 heterocycles. The van der Waals surface area contributed by atoms with Crippen LogP contribution in [0.4, 0.5) is 5.69 Å². The summed E-state index contributed by atoms with van der Waals surface area (Å²) in [5, 5.41) is 6.34. The Labute approximate surface area is 170 Å². The molecule has 0 aliphatic carbocycles. The summed E-state index contributed by atoms with van der Waals surface area (Å²) in [5.41, 5.74) is 1.46. The molecule has 2 aromatic carbocycles. The zero-order valence-electron chi connectivity index (χ0n) is 15.3. The molecule has 8 heteroatoms. The lowest BCUT2D eigenvalue weighted by molar-refractivity contribution is -0.123. The summed E-state index contributed by atoms with van der Waals surface area (Å²) in [6, 6.07) is 17.9. The molecule has 146 valence electrons. The van der Waals surface area contributed by atoms with E-state index < -0.39 is 0 Å². The molecular formula is C21H17N3O4S. The monoisotopic (exact) mass is 407 g/mol. The molecule has 0 unspecified atom stereocenters. The van der Waals surface area contributed by atoms with E-state index in [1.807, 2.05) is 24.3 Å². The maximum Gasteiger partial charge on any atom is 0.291 e. The largest absolute Gasteiger partial charge is 0.484 e. The van der Waals surface area contributed by atoms with Crippen LogP contribution in [0.1, 0.15) is 15.6 Å². The minimum absolute atomic E-state index is 0.138. The van der Waals surface area contributed by atoms with Gasteiger partial charge in [0.1, 0.15) is 10.8 Å². The van der Waals surface area contributed by atoms with Crippen molar-refractivity contribution in [2.75, 3.05) is 11.9 Å². The predicted octanol–water partition coefficient (Wildman–Crippen LogP) is 3.84. The molecule has 0 aliphatic rings. The van der Waals surface area contributed by atoms with Gasteiger partial charge in [-0.2, -0.15) is 0 Å². The molecule has 4 rings (SSSR count). The summed E-state index contributed by atoms with van der Waals surface area (Å²) in [5.74, 6) is 0.0675. The van der Waals surface area contributed by atoms with E-state index in [1.54, 1.807) is 47.7 Å². The number of hydrogen-bond acceptors (Lipinski definition) is 6. The second-order valence-electron chi connectivity index (χ2n) is 6.10. The van der Waals surface area contributed by atoms with Gasteiger partial charge in [0.15, 0.2) is 12.4 Å². The molecule has 0 aliphatic heterocycles. The minimum Gasteiger partial charge on any atom is -0.484 e. The Morgan fingerprint density at radius 3 is 2.79 bits per heavy atom. The van der Waals surface area contributed by atoms with E-state index in [2.05, 4.69) is 15.6 Å². The molecule has 0 atom stereocenters. The second kappa shape index (κ2) is 8.57. The molecule has 2 aromatic heterocycles. The number of benzene rings is 2. The Morgan fingerprint density at radius 2 is 1.97 bits per heavy atom. The van der Waals surface area contributed by atoms with E-state index in [9.17, 15) is 9.59 Å². The van der Waals surface area contributed by atoms with Gasteiger partial charge in [0.2, 0.25) is 0 Å². The van der Waals surface area contributed by atoms with Gasteiger partial charge in [0, 0.05) is 11.8 Å². The van der Waals surface area contributed by atoms with Gasteiger partial charge in [-0.05, 0) is 36.4 Å². The normalized spacial score (nSPS) is 10.6. The summed E-state index contributed by atoms with van der Waals surface area (Å²) in [6.45, 7) is 0.210. The smallest absolute Gasteiger partial charge is 0.291 e. The first-order valence-electron chi connectivity index (χ1n) is 8.86. The van der Waals surface area contributed by atoms with Crippen LogP contribution in [0.15, 0.2) is 71.3 Å². The molecule has 4 aromatic rings. The van der Waals surface area contributed by atoms with E-state index in [-0.39, 0.29) is 24.2 Å². The molecule has 2 N–H and O–H groups in total. The SMILES string of the molecule is O=C(COc1cccc(NC(=O)c2ccco2)c1)NCc1nc2ccccc2s1. The van der Waals surface area contributed by atoms with Gasteiger partial charge < -0.3 is 19.8 Å². The highest BCUT2D eigenvalue weighted by molar-refractivity contribution is 7.18. The number of amides is 2. The number of furan rings is 1. The zero-order valence-corrected chi connectivity index (χ0v) is 16.1. The molecule has 0 fully saturated rings. The van der Waals surface area contributed by atoms with Crippen LogP contribution in [0.25, 0.3) is 10.2 Å². The molecule has 29 heavy (non-hydrogen) atoms. The number of fused-ring (bicyclic) bond motifs is 1. The Bertz CT molecular complexity index is 1100. The van der Waals surface area contributed by atoms with E-state index >= 15 is 0 Å². The summed E-state index contributed by atoms with van der Waals surface area (Å²) in [4.78, 5) is 28.6. The number of carbonyl (C=O) groups excluding carboxylic acids is 2. The highest BCUT2D eigenvalue weighted by atomic mass is 32.1. The first kappa shape index (κ1) is 18.7. The minimum atomic E-state index is -0.360. The van der Waals surface area contributed by atoms with Gasteiger partial charge in [-0.3, -0.25) is 9.59 Å². The average molecular weight is 407 g/mol. The van der Waals surface area contributed by atoms with Crippen LogP contribution in [0.2, 0.25) is 0 Å². The molecule has 0 spiro atoms. The van der Waals surface area contributed by atoms with Crippen molar-refractivity contribution in [3.8, 4) is 5.75 Å². The fraction of sp³-hybridized carbons (Fsp3) is 0.0952. The first-order chi connectivity index (χ1) is 14.2. The molecule has 0 bridgehead atoms. The van der Waals surface area contributed by atoms with Gasteiger partial charge in [-0.1, -0.05) is 18.2 Å². The number of para-hydroxylation sites is 1. The third-order valence-electron chi connectivity index (χ3n) is 3.98. The number of anilines is 1. The molecular weight excluding hydrogens is 390 g/mol. The maximum absolute atomic E-state index is 12.1. The van der Waals surface area contributed by atoms with Crippen molar-refractivity contribution in [1.29, 1.82) is 0 Å². The van der Waals surface area contributed by atoms with Crippen molar-refractivity contribution in [3.05, 3.63) is 77.7 Å². The van der Waals surface area contributed by atoms with E-state index in [1.165, 1.54) is 6.26 Å². The van der Waals surface area contributed by atoms with Crippen molar-refractivity contribution in [1.82, 2.24) is 10.3 Å². The van der Waals surface area contributed by atoms with Crippen LogP contribution in [-0.4, -0.2) is 23.4 Å². The van der Waals surface area contributed by atoms with Crippen LogP contribution >= 0.6 is 11.3 Å². The van der Waals surface area contributed by atoms with Crippen molar-refractivity contribution in [3.63, 3.8) is 0 Å². The number of carbonyl (C=O) groups is 2. The van der Waals surface area contributed by atoms with Gasteiger partial charge in [0.05, 0.1) is 23.0 Å². The molecule has 0 radical (unpaired) electrons. The Morgan fingerprint density at radius 1 is 1.07 bits per heavy atom. The van der Waals surface area contributed by atoms with E-state index in [0.717, 1.165) is 15.2 Å². The van der Waals surface area contributed by atoms with E-state index in [4.69, 9.17) is 9.15 Å². The molecule has 7 nitrogen and oxygen atoms in total. The van der Waals surface area contributed by atoms with Crippen molar-refractivity contribution in [2.24, 2.45) is 0 Å². The summed E-state index contributed by atoms with van der Waals surface area (Å²) in [7, 11) is 0. The quantitative estimate of drug-likeness (QED) is 0.486. The summed E-state index contributed by atoms with van der Waals surface area (Å²) < 4.78 is 11.7. The highest BCUT2D eigenvalue weighted by Crippen LogP contribution is 2.21. The van der Waals surface area contributed by atoms with Gasteiger partial charge in [-0.25, -0.2) is 4.98 Å². The number of nitrogens with zero attached hydrogens (tertiary/aromatic N) is 1. The van der Waals surface area contributed by atoms with Gasteiger partial charge >= 0.3 is 0 Å². The standard InChI is InChI=1S/C21H17N3O4S/c25-19(22-12-20-24-16-7-1-2-9-18(16)29-20)13-28-15-6-3-5-14(11-15)23-21(26)17-8-4-10-27-17/h1-11H,12-13H2,(H,22,25)(H,23,26). The number of aromatic nitrogens is 1. The first-order valence-corrected chi connectivity index (χ1v) is 9.68. The number of rotatable bonds is 7. The third-order valence-corrected chi connectivity index (χ3v) is 5.02. The van der Waals surface area contributed by atoms with Crippen molar-refractivity contribution in [2.45, 2.75) is 6.54 Å². The Hall–Kier alpha value is -3.65. The van der Waals surface area contributed by atoms with Crippen LogP contribution < -0.4 is 15.4 Å². The number of nitrogens with one attached hydrogen (secondary N) is 2. The molecule has 2 amide bonds. The van der Waals surface area contributed by atoms with E-state index in [0.29, 0.717) is 18.0 Å².